The molecular weight excluding hydrogens is 212 g/mol. The van der Waals surface area contributed by atoms with Gasteiger partial charge in [-0.1, -0.05) is 12.1 Å². The van der Waals surface area contributed by atoms with Crippen molar-refractivity contribution in [2.45, 2.75) is 0 Å². The molecule has 0 fully saturated rings. The molecule has 3 nitrogen and oxygen atoms in total. The summed E-state index contributed by atoms with van der Waals surface area (Å²) in [4.78, 5) is 0. The lowest BCUT2D eigenvalue weighted by atomic mass is 10.2. The molecule has 2 aromatic carbocycles. The van der Waals surface area contributed by atoms with E-state index >= 15 is 0 Å². The number of benzene rings is 2. The summed E-state index contributed by atoms with van der Waals surface area (Å²) in [5.41, 5.74) is 8.49. The third kappa shape index (κ3) is 1.61. The molecule has 1 heterocycles. The number of phenols is 1. The first-order valence-corrected chi connectivity index (χ1v) is 5.40. The molecule has 0 radical (unpaired) electrons. The van der Waals surface area contributed by atoms with Gasteiger partial charge in [0.2, 0.25) is 0 Å². The lowest BCUT2D eigenvalue weighted by molar-refractivity contribution is 0.475. The minimum atomic E-state index is 0.258. The second-order valence-corrected chi connectivity index (χ2v) is 4.02. The van der Waals surface area contributed by atoms with Crippen LogP contribution in [0.4, 0.5) is 5.69 Å². The second kappa shape index (κ2) is 3.56. The van der Waals surface area contributed by atoms with Crippen LogP contribution in [-0.2, 0) is 0 Å². The molecule has 3 N–H and O–H groups in total. The molecule has 3 rings (SSSR count). The fourth-order valence-corrected chi connectivity index (χ4v) is 2.01. The van der Waals surface area contributed by atoms with E-state index in [1.807, 2.05) is 47.2 Å². The number of nitrogen functional groups attached to an aromatic ring is 1. The summed E-state index contributed by atoms with van der Waals surface area (Å²) in [5.74, 6) is 0.258. The minimum Gasteiger partial charge on any atom is -0.508 e. The Kier molecular flexibility index (Phi) is 2.05. The summed E-state index contributed by atoms with van der Waals surface area (Å²) in [6.07, 6.45) is 1.97. The van der Waals surface area contributed by atoms with E-state index in [0.29, 0.717) is 0 Å². The molecule has 0 saturated carbocycles. The first-order valence-electron chi connectivity index (χ1n) is 5.40. The van der Waals surface area contributed by atoms with E-state index in [2.05, 4.69) is 0 Å². The Labute approximate surface area is 98.7 Å². The van der Waals surface area contributed by atoms with Crippen LogP contribution in [0.15, 0.2) is 54.7 Å². The summed E-state index contributed by atoms with van der Waals surface area (Å²) < 4.78 is 2.01. The molecule has 0 saturated heterocycles. The number of hydrogen-bond acceptors (Lipinski definition) is 2. The van der Waals surface area contributed by atoms with Crippen LogP contribution in [0.3, 0.4) is 0 Å². The zero-order valence-corrected chi connectivity index (χ0v) is 9.17. The molecule has 0 aliphatic carbocycles. The number of rotatable bonds is 1. The van der Waals surface area contributed by atoms with Gasteiger partial charge in [-0.15, -0.1) is 0 Å². The van der Waals surface area contributed by atoms with Gasteiger partial charge >= 0.3 is 0 Å². The van der Waals surface area contributed by atoms with E-state index in [0.717, 1.165) is 22.3 Å². The van der Waals surface area contributed by atoms with Crippen molar-refractivity contribution in [3.8, 4) is 11.4 Å². The second-order valence-electron chi connectivity index (χ2n) is 4.02. The van der Waals surface area contributed by atoms with Crippen LogP contribution in [0.5, 0.6) is 5.75 Å². The Morgan fingerprint density at radius 1 is 1.00 bits per heavy atom. The Hall–Kier alpha value is -2.42. The number of nitrogens with zero attached hydrogens (tertiary/aromatic N) is 1. The molecule has 0 atom stereocenters. The average molecular weight is 224 g/mol. The lowest BCUT2D eigenvalue weighted by Crippen LogP contribution is -1.92. The summed E-state index contributed by atoms with van der Waals surface area (Å²) in [6, 6.07) is 15.0. The zero-order chi connectivity index (χ0) is 11.8. The van der Waals surface area contributed by atoms with Crippen molar-refractivity contribution in [2.24, 2.45) is 0 Å². The quantitative estimate of drug-likeness (QED) is 0.624. The third-order valence-corrected chi connectivity index (χ3v) is 2.83. The van der Waals surface area contributed by atoms with Crippen molar-refractivity contribution in [1.29, 1.82) is 0 Å². The van der Waals surface area contributed by atoms with Gasteiger partial charge in [0.15, 0.2) is 0 Å². The Balaban J connectivity index is 2.27. The van der Waals surface area contributed by atoms with E-state index < -0.39 is 0 Å². The molecule has 1 aromatic heterocycles. The van der Waals surface area contributed by atoms with Crippen LogP contribution in [-0.4, -0.2) is 9.67 Å². The highest BCUT2D eigenvalue weighted by molar-refractivity contribution is 5.84. The van der Waals surface area contributed by atoms with Gasteiger partial charge in [-0.3, -0.25) is 0 Å². The monoisotopic (exact) mass is 224 g/mol. The SMILES string of the molecule is Nc1ccc2ccn(-c3cccc(O)c3)c2c1. The van der Waals surface area contributed by atoms with Crippen LogP contribution in [0.2, 0.25) is 0 Å². The zero-order valence-electron chi connectivity index (χ0n) is 9.17. The molecule has 0 bridgehead atoms. The van der Waals surface area contributed by atoms with Gasteiger partial charge in [-0.2, -0.15) is 0 Å². The van der Waals surface area contributed by atoms with Crippen LogP contribution < -0.4 is 5.73 Å². The first-order chi connectivity index (χ1) is 8.24. The van der Waals surface area contributed by atoms with Crippen LogP contribution >= 0.6 is 0 Å². The smallest absolute Gasteiger partial charge is 0.117 e. The Morgan fingerprint density at radius 3 is 2.71 bits per heavy atom. The van der Waals surface area contributed by atoms with Gasteiger partial charge in [0.05, 0.1) is 5.52 Å². The number of phenolic OH excluding ortho intramolecular Hbond substituents is 1. The average Bonchev–Trinajstić information content (AvgIpc) is 2.71. The maximum Gasteiger partial charge on any atom is 0.117 e. The fraction of sp³-hybridized carbons (Fsp3) is 0. The first kappa shape index (κ1) is 9.78. The van der Waals surface area contributed by atoms with Gasteiger partial charge in [0.1, 0.15) is 5.75 Å². The molecule has 0 aliphatic rings. The van der Waals surface area contributed by atoms with Gasteiger partial charge in [-0.25, -0.2) is 0 Å². The van der Waals surface area contributed by atoms with Gasteiger partial charge < -0.3 is 15.4 Å². The highest BCUT2D eigenvalue weighted by Gasteiger charge is 2.03. The van der Waals surface area contributed by atoms with Crippen molar-refractivity contribution in [2.75, 3.05) is 5.73 Å². The topological polar surface area (TPSA) is 51.2 Å². The maximum absolute atomic E-state index is 9.50. The van der Waals surface area contributed by atoms with Gasteiger partial charge in [0, 0.05) is 29.0 Å². The number of anilines is 1. The number of nitrogens with two attached hydrogens (primary N) is 1. The highest BCUT2D eigenvalue weighted by Crippen LogP contribution is 2.24. The lowest BCUT2D eigenvalue weighted by Gasteiger charge is -2.06. The molecule has 0 spiro atoms. The van der Waals surface area contributed by atoms with E-state index in [-0.39, 0.29) is 5.75 Å². The summed E-state index contributed by atoms with van der Waals surface area (Å²) in [6.45, 7) is 0. The molecular formula is C14H12N2O. The van der Waals surface area contributed by atoms with Gasteiger partial charge in [0.25, 0.3) is 0 Å². The van der Waals surface area contributed by atoms with Crippen molar-refractivity contribution in [3.63, 3.8) is 0 Å². The van der Waals surface area contributed by atoms with Crippen molar-refractivity contribution < 1.29 is 5.11 Å². The molecule has 3 heteroatoms. The molecule has 17 heavy (non-hydrogen) atoms. The number of aromatic hydroxyl groups is 1. The Bertz CT molecular complexity index is 686. The molecule has 84 valence electrons. The fourth-order valence-electron chi connectivity index (χ4n) is 2.01. The molecule has 0 amide bonds. The molecule has 0 unspecified atom stereocenters. The normalized spacial score (nSPS) is 10.8. The largest absolute Gasteiger partial charge is 0.508 e. The van der Waals surface area contributed by atoms with Gasteiger partial charge in [-0.05, 0) is 30.3 Å². The number of hydrogen-bond donors (Lipinski definition) is 2. The minimum absolute atomic E-state index is 0.258. The number of aromatic nitrogens is 1. The van der Waals surface area contributed by atoms with Crippen LogP contribution in [0, 0.1) is 0 Å². The van der Waals surface area contributed by atoms with Crippen LogP contribution in [0.1, 0.15) is 0 Å². The van der Waals surface area contributed by atoms with E-state index in [4.69, 9.17) is 5.73 Å². The molecule has 0 aliphatic heterocycles. The maximum atomic E-state index is 9.50. The van der Waals surface area contributed by atoms with Crippen LogP contribution in [0.25, 0.3) is 16.6 Å². The summed E-state index contributed by atoms with van der Waals surface area (Å²) >= 11 is 0. The van der Waals surface area contributed by atoms with Crippen molar-refractivity contribution >= 4 is 16.6 Å². The Morgan fingerprint density at radius 2 is 1.88 bits per heavy atom. The summed E-state index contributed by atoms with van der Waals surface area (Å²) in [5, 5.41) is 10.6. The van der Waals surface area contributed by atoms with Crippen molar-refractivity contribution in [3.05, 3.63) is 54.7 Å². The standard InChI is InChI=1S/C14H12N2O/c15-11-5-4-10-6-7-16(14(10)8-11)12-2-1-3-13(17)9-12/h1-9,17H,15H2. The van der Waals surface area contributed by atoms with E-state index in [1.54, 1.807) is 12.1 Å². The molecule has 3 aromatic rings. The third-order valence-electron chi connectivity index (χ3n) is 2.83. The van der Waals surface area contributed by atoms with Crippen molar-refractivity contribution in [1.82, 2.24) is 4.57 Å². The predicted molar refractivity (Wildman–Crippen MR) is 69.4 cm³/mol. The van der Waals surface area contributed by atoms with E-state index in [1.165, 1.54) is 0 Å². The van der Waals surface area contributed by atoms with E-state index in [9.17, 15) is 5.11 Å². The number of fused-ring (bicyclic) bond motifs is 1. The highest BCUT2D eigenvalue weighted by atomic mass is 16.3. The predicted octanol–water partition coefficient (Wildman–Crippen LogP) is 2.92. The summed E-state index contributed by atoms with van der Waals surface area (Å²) in [7, 11) is 0.